The molecule has 0 bridgehead atoms. The Morgan fingerprint density at radius 1 is 1.39 bits per heavy atom. The Bertz CT molecular complexity index is 369. The SMILES string of the molecule is CNCc1c(F)cccc1N(CCOC)C(C)C. The molecule has 0 aliphatic rings. The number of methoxy groups -OCH3 is 1. The van der Waals surface area contributed by atoms with E-state index in [4.69, 9.17) is 4.74 Å². The summed E-state index contributed by atoms with van der Waals surface area (Å²) in [6.07, 6.45) is 0. The van der Waals surface area contributed by atoms with Crippen molar-refractivity contribution >= 4 is 5.69 Å². The maximum Gasteiger partial charge on any atom is 0.129 e. The zero-order valence-electron chi connectivity index (χ0n) is 11.7. The number of rotatable bonds is 7. The smallest absolute Gasteiger partial charge is 0.129 e. The molecule has 0 radical (unpaired) electrons. The summed E-state index contributed by atoms with van der Waals surface area (Å²) >= 11 is 0. The van der Waals surface area contributed by atoms with Crippen molar-refractivity contribution in [3.05, 3.63) is 29.6 Å². The van der Waals surface area contributed by atoms with Gasteiger partial charge in [0.2, 0.25) is 0 Å². The van der Waals surface area contributed by atoms with Crippen molar-refractivity contribution in [3.8, 4) is 0 Å². The van der Waals surface area contributed by atoms with E-state index in [0.29, 0.717) is 24.8 Å². The molecular weight excluding hydrogens is 231 g/mol. The Morgan fingerprint density at radius 3 is 2.67 bits per heavy atom. The number of nitrogens with one attached hydrogen (secondary N) is 1. The van der Waals surface area contributed by atoms with Crippen LogP contribution >= 0.6 is 0 Å². The Balaban J connectivity index is 3.06. The summed E-state index contributed by atoms with van der Waals surface area (Å²) in [6, 6.07) is 5.53. The second kappa shape index (κ2) is 7.34. The standard InChI is InChI=1S/C14H23FN2O/c1-11(2)17(8-9-18-4)14-7-5-6-13(15)12(14)10-16-3/h5-7,11,16H,8-10H2,1-4H3. The molecule has 1 aromatic carbocycles. The molecule has 0 unspecified atom stereocenters. The van der Waals surface area contributed by atoms with Crippen LogP contribution in [-0.4, -0.2) is 33.4 Å². The lowest BCUT2D eigenvalue weighted by Gasteiger charge is -2.31. The number of anilines is 1. The van der Waals surface area contributed by atoms with E-state index >= 15 is 0 Å². The number of halogens is 1. The molecule has 0 atom stereocenters. The zero-order chi connectivity index (χ0) is 13.5. The third kappa shape index (κ3) is 3.68. The lowest BCUT2D eigenvalue weighted by Crippen LogP contribution is -2.35. The van der Waals surface area contributed by atoms with Crippen LogP contribution in [0.25, 0.3) is 0 Å². The molecule has 0 fully saturated rings. The molecule has 18 heavy (non-hydrogen) atoms. The van der Waals surface area contributed by atoms with Crippen LogP contribution < -0.4 is 10.2 Å². The summed E-state index contributed by atoms with van der Waals surface area (Å²) in [5.74, 6) is -0.162. The van der Waals surface area contributed by atoms with Gasteiger partial charge in [0, 0.05) is 37.5 Å². The van der Waals surface area contributed by atoms with Gasteiger partial charge in [0.05, 0.1) is 6.61 Å². The number of ether oxygens (including phenoxy) is 1. The molecule has 4 heteroatoms. The quantitative estimate of drug-likeness (QED) is 0.808. The van der Waals surface area contributed by atoms with Gasteiger partial charge in [0.25, 0.3) is 0 Å². The molecule has 1 rings (SSSR count). The highest BCUT2D eigenvalue weighted by Gasteiger charge is 2.16. The van der Waals surface area contributed by atoms with E-state index < -0.39 is 0 Å². The highest BCUT2D eigenvalue weighted by molar-refractivity contribution is 5.55. The molecule has 0 aliphatic heterocycles. The van der Waals surface area contributed by atoms with Crippen LogP contribution in [-0.2, 0) is 11.3 Å². The van der Waals surface area contributed by atoms with Crippen molar-refractivity contribution in [2.75, 3.05) is 32.2 Å². The molecule has 1 aromatic rings. The first-order valence-corrected chi connectivity index (χ1v) is 6.29. The Hall–Kier alpha value is -1.13. The molecule has 102 valence electrons. The van der Waals surface area contributed by atoms with Crippen LogP contribution in [0.3, 0.4) is 0 Å². The van der Waals surface area contributed by atoms with E-state index in [9.17, 15) is 4.39 Å². The van der Waals surface area contributed by atoms with Crippen molar-refractivity contribution in [2.45, 2.75) is 26.4 Å². The fourth-order valence-corrected chi connectivity index (χ4v) is 2.01. The molecule has 3 nitrogen and oxygen atoms in total. The number of hydrogen-bond donors (Lipinski definition) is 1. The lowest BCUT2D eigenvalue weighted by atomic mass is 10.1. The van der Waals surface area contributed by atoms with Crippen molar-refractivity contribution in [2.24, 2.45) is 0 Å². The van der Waals surface area contributed by atoms with Crippen molar-refractivity contribution < 1.29 is 9.13 Å². The van der Waals surface area contributed by atoms with Gasteiger partial charge in [-0.05, 0) is 33.0 Å². The molecule has 0 amide bonds. The first-order valence-electron chi connectivity index (χ1n) is 6.29. The van der Waals surface area contributed by atoms with E-state index in [2.05, 4.69) is 24.1 Å². The first-order chi connectivity index (χ1) is 8.61. The van der Waals surface area contributed by atoms with Gasteiger partial charge in [0.15, 0.2) is 0 Å². The third-order valence-corrected chi connectivity index (χ3v) is 2.92. The van der Waals surface area contributed by atoms with Crippen molar-refractivity contribution in [1.82, 2.24) is 5.32 Å². The zero-order valence-corrected chi connectivity index (χ0v) is 11.7. The fraction of sp³-hybridized carbons (Fsp3) is 0.571. The maximum atomic E-state index is 13.9. The highest BCUT2D eigenvalue weighted by Crippen LogP contribution is 2.24. The molecule has 1 N–H and O–H groups in total. The van der Waals surface area contributed by atoms with Gasteiger partial charge in [-0.15, -0.1) is 0 Å². The second-order valence-corrected chi connectivity index (χ2v) is 4.55. The van der Waals surface area contributed by atoms with Gasteiger partial charge < -0.3 is 15.0 Å². The number of hydrogen-bond acceptors (Lipinski definition) is 3. The summed E-state index contributed by atoms with van der Waals surface area (Å²) in [7, 11) is 3.50. The maximum absolute atomic E-state index is 13.9. The molecule has 0 heterocycles. The van der Waals surface area contributed by atoms with E-state index in [0.717, 1.165) is 12.2 Å². The fourth-order valence-electron chi connectivity index (χ4n) is 2.01. The average Bonchev–Trinajstić information content (AvgIpc) is 2.33. The van der Waals surface area contributed by atoms with Gasteiger partial charge in [-0.3, -0.25) is 0 Å². The average molecular weight is 254 g/mol. The Kier molecular flexibility index (Phi) is 6.09. The van der Waals surface area contributed by atoms with Crippen LogP contribution in [0.5, 0.6) is 0 Å². The predicted molar refractivity (Wildman–Crippen MR) is 73.5 cm³/mol. The van der Waals surface area contributed by atoms with Crippen LogP contribution in [0.2, 0.25) is 0 Å². The lowest BCUT2D eigenvalue weighted by molar-refractivity contribution is 0.203. The third-order valence-electron chi connectivity index (χ3n) is 2.92. The molecule has 0 spiro atoms. The second-order valence-electron chi connectivity index (χ2n) is 4.55. The summed E-state index contributed by atoms with van der Waals surface area (Å²) in [5, 5.41) is 3.02. The highest BCUT2D eigenvalue weighted by atomic mass is 19.1. The predicted octanol–water partition coefficient (Wildman–Crippen LogP) is 2.41. The summed E-state index contributed by atoms with van der Waals surface area (Å²) in [6.45, 7) is 6.12. The summed E-state index contributed by atoms with van der Waals surface area (Å²) in [4.78, 5) is 2.17. The van der Waals surface area contributed by atoms with Gasteiger partial charge in [-0.25, -0.2) is 4.39 Å². The number of nitrogens with zero attached hydrogens (tertiary/aromatic N) is 1. The normalized spacial score (nSPS) is 11.0. The largest absolute Gasteiger partial charge is 0.383 e. The Morgan fingerprint density at radius 2 is 2.11 bits per heavy atom. The van der Waals surface area contributed by atoms with Gasteiger partial charge in [-0.1, -0.05) is 6.07 Å². The van der Waals surface area contributed by atoms with Gasteiger partial charge in [-0.2, -0.15) is 0 Å². The Labute approximate surface area is 109 Å². The summed E-state index contributed by atoms with van der Waals surface area (Å²) in [5.41, 5.74) is 1.65. The van der Waals surface area contributed by atoms with E-state index in [1.54, 1.807) is 13.2 Å². The minimum atomic E-state index is -0.162. The minimum absolute atomic E-state index is 0.162. The van der Waals surface area contributed by atoms with E-state index in [1.807, 2.05) is 13.1 Å². The number of benzene rings is 1. The van der Waals surface area contributed by atoms with Gasteiger partial charge in [0.1, 0.15) is 5.82 Å². The van der Waals surface area contributed by atoms with Crippen molar-refractivity contribution in [1.29, 1.82) is 0 Å². The monoisotopic (exact) mass is 254 g/mol. The molecule has 0 aliphatic carbocycles. The van der Waals surface area contributed by atoms with E-state index in [1.165, 1.54) is 6.07 Å². The van der Waals surface area contributed by atoms with Crippen molar-refractivity contribution in [3.63, 3.8) is 0 Å². The van der Waals surface area contributed by atoms with Crippen LogP contribution in [0.15, 0.2) is 18.2 Å². The minimum Gasteiger partial charge on any atom is -0.383 e. The summed E-state index contributed by atoms with van der Waals surface area (Å²) < 4.78 is 19.0. The van der Waals surface area contributed by atoms with E-state index in [-0.39, 0.29) is 5.82 Å². The molecular formula is C14H23FN2O. The topological polar surface area (TPSA) is 24.5 Å². The molecule has 0 saturated carbocycles. The van der Waals surface area contributed by atoms with Crippen LogP contribution in [0.4, 0.5) is 10.1 Å². The van der Waals surface area contributed by atoms with Crippen LogP contribution in [0.1, 0.15) is 19.4 Å². The van der Waals surface area contributed by atoms with Gasteiger partial charge >= 0.3 is 0 Å². The van der Waals surface area contributed by atoms with Crippen LogP contribution in [0, 0.1) is 5.82 Å². The molecule has 0 saturated heterocycles. The first kappa shape index (κ1) is 14.9. The molecule has 0 aromatic heterocycles.